The summed E-state index contributed by atoms with van der Waals surface area (Å²) >= 11 is 0. The summed E-state index contributed by atoms with van der Waals surface area (Å²) in [6.45, 7) is 8.77. The Balaban J connectivity index is 2.15. The van der Waals surface area contributed by atoms with Gasteiger partial charge in [-0.3, -0.25) is 0 Å². The summed E-state index contributed by atoms with van der Waals surface area (Å²) in [5, 5.41) is 3.36. The van der Waals surface area contributed by atoms with Gasteiger partial charge >= 0.3 is 0 Å². The Kier molecular flexibility index (Phi) is 5.57. The first kappa shape index (κ1) is 11.5. The quantitative estimate of drug-likeness (QED) is 0.679. The minimum Gasteiger partial charge on any atom is -0.375 e. The summed E-state index contributed by atoms with van der Waals surface area (Å²) in [6.07, 6.45) is 8.71. The van der Waals surface area contributed by atoms with E-state index < -0.39 is 0 Å². The van der Waals surface area contributed by atoms with Gasteiger partial charge in [-0.05, 0) is 18.8 Å². The van der Waals surface area contributed by atoms with Gasteiger partial charge in [-0.25, -0.2) is 0 Å². The molecule has 1 fully saturated rings. The van der Waals surface area contributed by atoms with Crippen molar-refractivity contribution in [3.63, 3.8) is 0 Å². The molecule has 0 aliphatic carbocycles. The predicted octanol–water partition coefficient (Wildman–Crippen LogP) is 2.13. The zero-order chi connectivity index (χ0) is 10.2. The molecule has 0 aromatic carbocycles. The van der Waals surface area contributed by atoms with E-state index in [4.69, 9.17) is 4.74 Å². The van der Waals surface area contributed by atoms with Crippen molar-refractivity contribution < 1.29 is 4.74 Å². The lowest BCUT2D eigenvalue weighted by Gasteiger charge is -2.28. The molecule has 1 N–H and O–H groups in total. The molecule has 0 spiro atoms. The van der Waals surface area contributed by atoms with Gasteiger partial charge in [0, 0.05) is 13.1 Å². The van der Waals surface area contributed by atoms with E-state index in [9.17, 15) is 0 Å². The molecule has 0 aromatic rings. The van der Waals surface area contributed by atoms with E-state index in [1.807, 2.05) is 12.2 Å². The molecule has 1 heterocycles. The maximum Gasteiger partial charge on any atom is 0.0725 e. The van der Waals surface area contributed by atoms with Crippen LogP contribution in [0.2, 0.25) is 0 Å². The number of morpholine rings is 1. The number of hydrogen-bond acceptors (Lipinski definition) is 2. The maximum absolute atomic E-state index is 5.69. The largest absolute Gasteiger partial charge is 0.375 e. The molecular formula is C12H21NO. The highest BCUT2D eigenvalue weighted by atomic mass is 16.5. The van der Waals surface area contributed by atoms with Crippen molar-refractivity contribution in [3.8, 4) is 0 Å². The van der Waals surface area contributed by atoms with Gasteiger partial charge in [-0.2, -0.15) is 0 Å². The van der Waals surface area contributed by atoms with Crippen LogP contribution in [0.1, 0.15) is 19.8 Å². The van der Waals surface area contributed by atoms with Gasteiger partial charge < -0.3 is 10.1 Å². The number of hydrogen-bond donors (Lipinski definition) is 1. The lowest BCUT2D eigenvalue weighted by atomic mass is 9.98. The second-order valence-corrected chi connectivity index (χ2v) is 3.83. The molecule has 1 rings (SSSR count). The first-order valence-corrected chi connectivity index (χ1v) is 5.44. The summed E-state index contributed by atoms with van der Waals surface area (Å²) in [4.78, 5) is 0. The molecule has 2 heteroatoms. The van der Waals surface area contributed by atoms with Crippen molar-refractivity contribution in [2.45, 2.75) is 25.9 Å². The van der Waals surface area contributed by atoms with Crippen LogP contribution >= 0.6 is 0 Å². The number of allylic oxidation sites excluding steroid dienone is 3. The Morgan fingerprint density at radius 2 is 2.50 bits per heavy atom. The summed E-state index contributed by atoms with van der Waals surface area (Å²) in [7, 11) is 0. The molecule has 0 saturated carbocycles. The van der Waals surface area contributed by atoms with Crippen LogP contribution in [0.3, 0.4) is 0 Å². The molecule has 0 aromatic heterocycles. The monoisotopic (exact) mass is 195 g/mol. The molecule has 14 heavy (non-hydrogen) atoms. The van der Waals surface area contributed by atoms with Gasteiger partial charge in [-0.1, -0.05) is 31.7 Å². The van der Waals surface area contributed by atoms with Crippen LogP contribution in [0.15, 0.2) is 24.8 Å². The normalized spacial score (nSPS) is 25.1. The van der Waals surface area contributed by atoms with Gasteiger partial charge in [0.15, 0.2) is 0 Å². The second-order valence-electron chi connectivity index (χ2n) is 3.83. The summed E-state index contributed by atoms with van der Waals surface area (Å²) in [5.74, 6) is 0.636. The van der Waals surface area contributed by atoms with Crippen molar-refractivity contribution >= 4 is 0 Å². The highest BCUT2D eigenvalue weighted by molar-refractivity contribution is 4.97. The van der Waals surface area contributed by atoms with E-state index in [0.29, 0.717) is 12.0 Å². The number of ether oxygens (including phenoxy) is 1. The average Bonchev–Trinajstić information content (AvgIpc) is 2.25. The van der Waals surface area contributed by atoms with Crippen molar-refractivity contribution in [1.29, 1.82) is 0 Å². The Morgan fingerprint density at radius 1 is 1.64 bits per heavy atom. The summed E-state index contributed by atoms with van der Waals surface area (Å²) < 4.78 is 5.69. The van der Waals surface area contributed by atoms with Gasteiger partial charge in [0.05, 0.1) is 12.7 Å². The van der Waals surface area contributed by atoms with Crippen molar-refractivity contribution in [2.75, 3.05) is 19.7 Å². The van der Waals surface area contributed by atoms with E-state index in [0.717, 1.165) is 26.1 Å². The van der Waals surface area contributed by atoms with E-state index in [1.165, 1.54) is 6.42 Å². The molecule has 2 atom stereocenters. The van der Waals surface area contributed by atoms with E-state index in [-0.39, 0.29) is 0 Å². The van der Waals surface area contributed by atoms with Crippen molar-refractivity contribution in [1.82, 2.24) is 5.32 Å². The third kappa shape index (κ3) is 4.07. The van der Waals surface area contributed by atoms with Crippen LogP contribution in [-0.2, 0) is 4.74 Å². The molecule has 2 unspecified atom stereocenters. The molecule has 2 nitrogen and oxygen atoms in total. The Hall–Kier alpha value is -0.600. The van der Waals surface area contributed by atoms with Gasteiger partial charge in [0.2, 0.25) is 0 Å². The van der Waals surface area contributed by atoms with Crippen LogP contribution in [0, 0.1) is 5.92 Å². The molecule has 0 bridgehead atoms. The molecule has 1 aliphatic rings. The Morgan fingerprint density at radius 3 is 3.14 bits per heavy atom. The third-order valence-corrected chi connectivity index (χ3v) is 2.65. The average molecular weight is 195 g/mol. The van der Waals surface area contributed by atoms with Crippen LogP contribution in [0.4, 0.5) is 0 Å². The van der Waals surface area contributed by atoms with Gasteiger partial charge in [-0.15, -0.1) is 0 Å². The smallest absolute Gasteiger partial charge is 0.0725 e. The zero-order valence-electron chi connectivity index (χ0n) is 9.04. The second kappa shape index (κ2) is 6.80. The van der Waals surface area contributed by atoms with Crippen LogP contribution < -0.4 is 5.32 Å². The van der Waals surface area contributed by atoms with Gasteiger partial charge in [0.25, 0.3) is 0 Å². The van der Waals surface area contributed by atoms with Crippen LogP contribution in [0.25, 0.3) is 0 Å². The standard InChI is InChI=1S/C12H21NO/c1-3-4-5-6-7-11(2)12-10-13-8-9-14-12/h3-5,11-13H,1,6-10H2,2H3. The van der Waals surface area contributed by atoms with Gasteiger partial charge in [0.1, 0.15) is 0 Å². The van der Waals surface area contributed by atoms with Crippen LogP contribution in [0.5, 0.6) is 0 Å². The lowest BCUT2D eigenvalue weighted by Crippen LogP contribution is -2.41. The minimum absolute atomic E-state index is 0.404. The minimum atomic E-state index is 0.404. The number of rotatable bonds is 5. The maximum atomic E-state index is 5.69. The highest BCUT2D eigenvalue weighted by Gasteiger charge is 2.19. The summed E-state index contributed by atoms with van der Waals surface area (Å²) in [5.41, 5.74) is 0. The third-order valence-electron chi connectivity index (χ3n) is 2.65. The lowest BCUT2D eigenvalue weighted by molar-refractivity contribution is -0.00607. The molecule has 0 radical (unpaired) electrons. The number of nitrogens with one attached hydrogen (secondary N) is 1. The molecule has 0 amide bonds. The van der Waals surface area contributed by atoms with E-state index in [2.05, 4.69) is 24.9 Å². The molecule has 1 aliphatic heterocycles. The first-order chi connectivity index (χ1) is 6.84. The SMILES string of the molecule is C=CC=CCCC(C)C1CNCCO1. The first-order valence-electron chi connectivity index (χ1n) is 5.44. The topological polar surface area (TPSA) is 21.3 Å². The fourth-order valence-corrected chi connectivity index (χ4v) is 1.69. The highest BCUT2D eigenvalue weighted by Crippen LogP contribution is 2.15. The molecule has 80 valence electrons. The Bertz CT molecular complexity index is 183. The van der Waals surface area contributed by atoms with Crippen molar-refractivity contribution in [3.05, 3.63) is 24.8 Å². The van der Waals surface area contributed by atoms with E-state index in [1.54, 1.807) is 0 Å². The summed E-state index contributed by atoms with van der Waals surface area (Å²) in [6, 6.07) is 0. The Labute approximate surface area is 87.0 Å². The fraction of sp³-hybridized carbons (Fsp3) is 0.667. The molecular weight excluding hydrogens is 174 g/mol. The van der Waals surface area contributed by atoms with Crippen molar-refractivity contribution in [2.24, 2.45) is 5.92 Å². The molecule has 1 saturated heterocycles. The fourth-order valence-electron chi connectivity index (χ4n) is 1.69. The predicted molar refractivity (Wildman–Crippen MR) is 60.3 cm³/mol. The van der Waals surface area contributed by atoms with Crippen LogP contribution in [-0.4, -0.2) is 25.8 Å². The zero-order valence-corrected chi connectivity index (χ0v) is 9.04. The van der Waals surface area contributed by atoms with E-state index >= 15 is 0 Å².